The van der Waals surface area contributed by atoms with E-state index in [1.165, 1.54) is 0 Å². The van der Waals surface area contributed by atoms with Crippen molar-refractivity contribution < 1.29 is 0 Å². The summed E-state index contributed by atoms with van der Waals surface area (Å²) in [6, 6.07) is 6.00. The number of pyridine rings is 1. The first kappa shape index (κ1) is 13.6. The van der Waals surface area contributed by atoms with E-state index < -0.39 is 0 Å². The zero-order valence-electron chi connectivity index (χ0n) is 11.4. The maximum atomic E-state index is 5.54. The first-order valence-electron chi connectivity index (χ1n) is 6.77. The Morgan fingerprint density at radius 2 is 2.16 bits per heavy atom. The van der Waals surface area contributed by atoms with Crippen molar-refractivity contribution in [3.8, 4) is 0 Å². The molecule has 1 aromatic rings. The van der Waals surface area contributed by atoms with Crippen molar-refractivity contribution >= 4 is 11.8 Å². The number of rotatable bonds is 3. The molecular weight excluding hydrogens is 240 g/mol. The molecule has 1 aliphatic heterocycles. The topological polar surface area (TPSA) is 69.8 Å². The number of piperazine rings is 1. The maximum Gasteiger partial charge on any atom is 0.208 e. The Bertz CT molecular complexity index is 397. The van der Waals surface area contributed by atoms with Crippen LogP contribution in [0.3, 0.4) is 0 Å². The quantitative estimate of drug-likeness (QED) is 0.358. The average Bonchev–Trinajstić information content (AvgIpc) is 2.49. The molecule has 1 saturated heterocycles. The molecule has 0 amide bonds. The average molecular weight is 262 g/mol. The molecule has 2 rings (SSSR count). The van der Waals surface area contributed by atoms with E-state index in [0.717, 1.165) is 50.9 Å². The summed E-state index contributed by atoms with van der Waals surface area (Å²) in [6.07, 6.45) is 2.86. The van der Waals surface area contributed by atoms with E-state index in [4.69, 9.17) is 5.84 Å². The molecule has 1 fully saturated rings. The third kappa shape index (κ3) is 3.57. The maximum absolute atomic E-state index is 5.54. The van der Waals surface area contributed by atoms with Gasteiger partial charge in [-0.15, -0.1) is 0 Å². The number of aromatic nitrogens is 1. The lowest BCUT2D eigenvalue weighted by atomic mass is 10.3. The number of hydrogen-bond acceptors (Lipinski definition) is 4. The van der Waals surface area contributed by atoms with Crippen molar-refractivity contribution in [3.63, 3.8) is 0 Å². The summed E-state index contributed by atoms with van der Waals surface area (Å²) in [5.74, 6) is 7.37. The van der Waals surface area contributed by atoms with Gasteiger partial charge in [0.15, 0.2) is 0 Å². The largest absolute Gasteiger partial charge is 0.353 e. The lowest BCUT2D eigenvalue weighted by Gasteiger charge is -2.36. The number of guanidine groups is 1. The van der Waals surface area contributed by atoms with Gasteiger partial charge in [0.05, 0.1) is 0 Å². The highest BCUT2D eigenvalue weighted by molar-refractivity contribution is 5.79. The molecule has 0 saturated carbocycles. The van der Waals surface area contributed by atoms with Gasteiger partial charge in [-0.25, -0.2) is 10.8 Å². The van der Waals surface area contributed by atoms with E-state index >= 15 is 0 Å². The van der Waals surface area contributed by atoms with E-state index in [1.807, 2.05) is 24.4 Å². The molecule has 0 atom stereocenters. The van der Waals surface area contributed by atoms with Crippen LogP contribution in [-0.2, 0) is 0 Å². The van der Waals surface area contributed by atoms with Crippen molar-refractivity contribution in [2.24, 2.45) is 10.8 Å². The zero-order valence-corrected chi connectivity index (χ0v) is 11.4. The van der Waals surface area contributed by atoms with Crippen LogP contribution < -0.4 is 16.2 Å². The molecule has 0 aromatic carbocycles. The lowest BCUT2D eigenvalue weighted by Crippen LogP contribution is -2.54. The van der Waals surface area contributed by atoms with Gasteiger partial charge in [-0.1, -0.05) is 13.0 Å². The van der Waals surface area contributed by atoms with Crippen LogP contribution in [0.4, 0.5) is 5.82 Å². The van der Waals surface area contributed by atoms with E-state index in [2.05, 4.69) is 32.1 Å². The summed E-state index contributed by atoms with van der Waals surface area (Å²) in [6.45, 7) is 6.59. The molecule has 0 aliphatic carbocycles. The fraction of sp³-hybridized carbons (Fsp3) is 0.538. The normalized spacial score (nSPS) is 16.6. The molecule has 104 valence electrons. The van der Waals surface area contributed by atoms with Crippen molar-refractivity contribution in [2.75, 3.05) is 37.6 Å². The second-order valence-electron chi connectivity index (χ2n) is 4.51. The molecule has 0 bridgehead atoms. The Labute approximate surface area is 114 Å². The van der Waals surface area contributed by atoms with E-state index in [9.17, 15) is 0 Å². The predicted octanol–water partition coefficient (Wildman–Crippen LogP) is 0.433. The highest BCUT2D eigenvalue weighted by atomic mass is 15.4. The van der Waals surface area contributed by atoms with Gasteiger partial charge < -0.3 is 9.80 Å². The number of nitrogens with zero attached hydrogens (tertiary/aromatic N) is 4. The molecule has 0 unspecified atom stereocenters. The van der Waals surface area contributed by atoms with Crippen LogP contribution in [0.1, 0.15) is 13.3 Å². The van der Waals surface area contributed by atoms with Crippen molar-refractivity contribution in [3.05, 3.63) is 24.4 Å². The fourth-order valence-electron chi connectivity index (χ4n) is 2.14. The Morgan fingerprint density at radius 3 is 2.74 bits per heavy atom. The molecule has 6 heteroatoms. The van der Waals surface area contributed by atoms with Gasteiger partial charge in [0.1, 0.15) is 5.82 Å². The number of nitrogens with two attached hydrogens (primary N) is 1. The first-order valence-corrected chi connectivity index (χ1v) is 6.77. The third-order valence-electron chi connectivity index (χ3n) is 3.17. The van der Waals surface area contributed by atoms with Gasteiger partial charge in [-0.05, 0) is 18.6 Å². The van der Waals surface area contributed by atoms with Crippen LogP contribution >= 0.6 is 0 Å². The number of hydrogen-bond donors (Lipinski definition) is 2. The van der Waals surface area contributed by atoms with Gasteiger partial charge in [0.25, 0.3) is 0 Å². The summed E-state index contributed by atoms with van der Waals surface area (Å²) < 4.78 is 0. The molecule has 3 N–H and O–H groups in total. The Morgan fingerprint density at radius 1 is 1.37 bits per heavy atom. The number of aliphatic imine (C=N–C) groups is 1. The van der Waals surface area contributed by atoms with Crippen LogP contribution in [0.2, 0.25) is 0 Å². The van der Waals surface area contributed by atoms with E-state index in [0.29, 0.717) is 0 Å². The van der Waals surface area contributed by atoms with Crippen LogP contribution in [-0.4, -0.2) is 48.6 Å². The first-order chi connectivity index (χ1) is 9.35. The Hall–Kier alpha value is -1.82. The molecule has 1 aromatic heterocycles. The molecule has 0 radical (unpaired) electrons. The standard InChI is InChI=1S/C13H22N6/c1-2-6-16-13(17-14)19-10-8-18(9-11-19)12-5-3-4-7-15-12/h3-5,7H,2,6,8-11,14H2,1H3,(H,16,17). The lowest BCUT2D eigenvalue weighted by molar-refractivity contribution is 0.371. The van der Waals surface area contributed by atoms with Gasteiger partial charge in [0.2, 0.25) is 5.96 Å². The van der Waals surface area contributed by atoms with Crippen LogP contribution in [0.15, 0.2) is 29.4 Å². The molecule has 1 aliphatic rings. The fourth-order valence-corrected chi connectivity index (χ4v) is 2.14. The summed E-state index contributed by atoms with van der Waals surface area (Å²) >= 11 is 0. The van der Waals surface area contributed by atoms with Crippen molar-refractivity contribution in [2.45, 2.75) is 13.3 Å². The van der Waals surface area contributed by atoms with Crippen molar-refractivity contribution in [1.29, 1.82) is 0 Å². The Balaban J connectivity index is 1.91. The van der Waals surface area contributed by atoms with Gasteiger partial charge in [-0.3, -0.25) is 10.4 Å². The van der Waals surface area contributed by atoms with Crippen LogP contribution in [0, 0.1) is 0 Å². The smallest absolute Gasteiger partial charge is 0.208 e. The summed E-state index contributed by atoms with van der Waals surface area (Å²) in [7, 11) is 0. The monoisotopic (exact) mass is 262 g/mol. The molecule has 0 spiro atoms. The van der Waals surface area contributed by atoms with Gasteiger partial charge in [0, 0.05) is 38.9 Å². The van der Waals surface area contributed by atoms with Crippen molar-refractivity contribution in [1.82, 2.24) is 15.3 Å². The molecule has 6 nitrogen and oxygen atoms in total. The van der Waals surface area contributed by atoms with Crippen LogP contribution in [0.25, 0.3) is 0 Å². The number of nitrogens with one attached hydrogen (secondary N) is 1. The highest BCUT2D eigenvalue weighted by Gasteiger charge is 2.19. The number of anilines is 1. The second kappa shape index (κ2) is 6.94. The summed E-state index contributed by atoms with van der Waals surface area (Å²) in [4.78, 5) is 13.3. The third-order valence-corrected chi connectivity index (χ3v) is 3.17. The second-order valence-corrected chi connectivity index (χ2v) is 4.51. The van der Waals surface area contributed by atoms with Gasteiger partial charge >= 0.3 is 0 Å². The van der Waals surface area contributed by atoms with Gasteiger partial charge in [-0.2, -0.15) is 0 Å². The molecule has 19 heavy (non-hydrogen) atoms. The van der Waals surface area contributed by atoms with Crippen LogP contribution in [0.5, 0.6) is 0 Å². The number of hydrazine groups is 1. The molecular formula is C13H22N6. The predicted molar refractivity (Wildman–Crippen MR) is 77.9 cm³/mol. The summed E-state index contributed by atoms with van der Waals surface area (Å²) in [5.41, 5.74) is 2.70. The summed E-state index contributed by atoms with van der Waals surface area (Å²) in [5, 5.41) is 0. The zero-order chi connectivity index (χ0) is 13.5. The Kier molecular flexibility index (Phi) is 4.97. The minimum absolute atomic E-state index is 0.794. The minimum Gasteiger partial charge on any atom is -0.353 e. The molecule has 2 heterocycles. The van der Waals surface area contributed by atoms with E-state index in [1.54, 1.807) is 0 Å². The van der Waals surface area contributed by atoms with E-state index in [-0.39, 0.29) is 0 Å². The SMILES string of the molecule is CCCN=C(NN)N1CCN(c2ccccn2)CC1. The highest BCUT2D eigenvalue weighted by Crippen LogP contribution is 2.12. The minimum atomic E-state index is 0.794.